The minimum absolute atomic E-state index is 0.0985. The van der Waals surface area contributed by atoms with Crippen LogP contribution in [0.4, 0.5) is 0 Å². The van der Waals surface area contributed by atoms with Crippen LogP contribution in [0, 0.1) is 0 Å². The van der Waals surface area contributed by atoms with Crippen LogP contribution < -0.4 is 0 Å². The van der Waals surface area contributed by atoms with E-state index in [-0.39, 0.29) is 12.2 Å². The van der Waals surface area contributed by atoms with E-state index in [1.54, 1.807) is 0 Å². The van der Waals surface area contributed by atoms with Gasteiger partial charge in [0.15, 0.2) is 0 Å². The minimum atomic E-state index is -0.518. The van der Waals surface area contributed by atoms with Crippen LogP contribution in [0.1, 0.15) is 0 Å². The van der Waals surface area contributed by atoms with Crippen molar-refractivity contribution in [3.63, 3.8) is 0 Å². The average Bonchev–Trinajstić information content (AvgIpc) is 2.00. The van der Waals surface area contributed by atoms with Gasteiger partial charge in [-0.3, -0.25) is 0 Å². The smallest absolute Gasteiger partial charge is 0.335 e. The Morgan fingerprint density at radius 1 is 1.46 bits per heavy atom. The van der Waals surface area contributed by atoms with Crippen LogP contribution in [0.15, 0.2) is 12.2 Å². The maximum absolute atomic E-state index is 11.0. The van der Waals surface area contributed by atoms with Crippen LogP contribution in [0.3, 0.4) is 0 Å². The molecule has 0 aliphatic heterocycles. The molecular weight excluding hydrogens is 170 g/mol. The van der Waals surface area contributed by atoms with Gasteiger partial charge in [-0.1, -0.05) is 6.58 Å². The summed E-state index contributed by atoms with van der Waals surface area (Å²) in [4.78, 5) is 11.0. The Labute approximate surface area is 79.0 Å². The summed E-state index contributed by atoms with van der Waals surface area (Å²) in [5, 5.41) is 8.56. The van der Waals surface area contributed by atoms with E-state index < -0.39 is 5.97 Å². The Balaban J connectivity index is 3.66. The van der Waals surface area contributed by atoms with E-state index in [0.717, 1.165) is 11.0 Å². The van der Waals surface area contributed by atoms with Crippen LogP contribution in [-0.4, -0.2) is 56.5 Å². The molecule has 0 aliphatic rings. The molecule has 0 aliphatic carbocycles. The van der Waals surface area contributed by atoms with Gasteiger partial charge in [0.2, 0.25) is 0 Å². The first-order valence-corrected chi connectivity index (χ1v) is 4.13. The Hall–Kier alpha value is -0.870. The summed E-state index contributed by atoms with van der Waals surface area (Å²) >= 11 is 0. The van der Waals surface area contributed by atoms with Crippen molar-refractivity contribution in [1.82, 2.24) is 0 Å². The molecule has 0 fully saturated rings. The Morgan fingerprint density at radius 3 is 2.38 bits per heavy atom. The fraction of sp³-hybridized carbons (Fsp3) is 0.667. The van der Waals surface area contributed by atoms with Crippen molar-refractivity contribution in [2.24, 2.45) is 0 Å². The fourth-order valence-corrected chi connectivity index (χ4v) is 0.579. The second-order valence-electron chi connectivity index (χ2n) is 3.91. The number of carbonyl (C=O) groups is 1. The summed E-state index contributed by atoms with van der Waals surface area (Å²) in [7, 11) is 6.03. The number of esters is 1. The predicted molar refractivity (Wildman–Crippen MR) is 50.1 cm³/mol. The molecule has 0 unspecified atom stereocenters. The summed E-state index contributed by atoms with van der Waals surface area (Å²) in [5.74, 6) is -0.518. The monoisotopic (exact) mass is 188 g/mol. The molecule has 0 saturated carbocycles. The number of quaternary nitrogens is 1. The largest absolute Gasteiger partial charge is 0.456 e. The first-order chi connectivity index (χ1) is 5.87. The highest BCUT2D eigenvalue weighted by Crippen LogP contribution is 1.95. The second-order valence-corrected chi connectivity index (χ2v) is 3.91. The molecule has 0 aromatic heterocycles. The van der Waals surface area contributed by atoms with E-state index in [2.05, 4.69) is 6.58 Å². The zero-order valence-electron chi connectivity index (χ0n) is 8.54. The van der Waals surface area contributed by atoms with Crippen LogP contribution in [0.2, 0.25) is 0 Å². The molecule has 0 aromatic rings. The van der Waals surface area contributed by atoms with Crippen LogP contribution >= 0.6 is 0 Å². The van der Waals surface area contributed by atoms with Gasteiger partial charge in [-0.05, 0) is 0 Å². The van der Waals surface area contributed by atoms with Crippen molar-refractivity contribution in [1.29, 1.82) is 0 Å². The molecule has 0 heterocycles. The van der Waals surface area contributed by atoms with Crippen molar-refractivity contribution in [3.05, 3.63) is 12.2 Å². The Kier molecular flexibility index (Phi) is 4.66. The number of hydrogen-bond acceptors (Lipinski definition) is 3. The summed E-state index contributed by atoms with van der Waals surface area (Å²) in [5.41, 5.74) is 0.0985. The zero-order chi connectivity index (χ0) is 10.5. The number of ether oxygens (including phenoxy) is 1. The Bertz CT molecular complexity index is 194. The van der Waals surface area contributed by atoms with Gasteiger partial charge in [-0.25, -0.2) is 4.79 Å². The third-order valence-electron chi connectivity index (χ3n) is 1.47. The number of aliphatic hydroxyl groups is 1. The topological polar surface area (TPSA) is 46.5 Å². The molecule has 0 saturated heterocycles. The highest BCUT2D eigenvalue weighted by atomic mass is 16.5. The molecule has 0 aromatic carbocycles. The molecule has 0 radical (unpaired) electrons. The minimum Gasteiger partial charge on any atom is -0.456 e. The molecule has 0 bridgehead atoms. The fourth-order valence-electron chi connectivity index (χ4n) is 0.579. The standard InChI is InChI=1S/C9H18NO3/c1-8(7-11)9(12)13-6-5-10(2,3)4/h11H,1,5-7H2,2-4H3/q+1. The van der Waals surface area contributed by atoms with Crippen LogP contribution in [-0.2, 0) is 9.53 Å². The zero-order valence-corrected chi connectivity index (χ0v) is 8.54. The van der Waals surface area contributed by atoms with Gasteiger partial charge >= 0.3 is 5.97 Å². The van der Waals surface area contributed by atoms with Gasteiger partial charge < -0.3 is 14.3 Å². The molecule has 4 nitrogen and oxygen atoms in total. The summed E-state index contributed by atoms with van der Waals surface area (Å²) < 4.78 is 5.59. The maximum atomic E-state index is 11.0. The van der Waals surface area contributed by atoms with E-state index in [4.69, 9.17) is 9.84 Å². The third-order valence-corrected chi connectivity index (χ3v) is 1.47. The van der Waals surface area contributed by atoms with Crippen molar-refractivity contribution in [3.8, 4) is 0 Å². The number of carbonyl (C=O) groups excluding carboxylic acids is 1. The molecule has 4 heteroatoms. The van der Waals surface area contributed by atoms with Gasteiger partial charge in [-0.15, -0.1) is 0 Å². The molecule has 0 rings (SSSR count). The van der Waals surface area contributed by atoms with Gasteiger partial charge in [0.05, 0.1) is 33.3 Å². The molecular formula is C9H18NO3+. The summed E-state index contributed by atoms with van der Waals surface area (Å²) in [6, 6.07) is 0. The lowest BCUT2D eigenvalue weighted by atomic mass is 10.3. The van der Waals surface area contributed by atoms with Crippen molar-refractivity contribution >= 4 is 5.97 Å². The van der Waals surface area contributed by atoms with E-state index in [1.165, 1.54) is 0 Å². The van der Waals surface area contributed by atoms with Gasteiger partial charge in [0.25, 0.3) is 0 Å². The first-order valence-electron chi connectivity index (χ1n) is 4.13. The van der Waals surface area contributed by atoms with Crippen molar-refractivity contribution in [2.45, 2.75) is 0 Å². The van der Waals surface area contributed by atoms with Gasteiger partial charge in [0.1, 0.15) is 13.2 Å². The van der Waals surface area contributed by atoms with Crippen molar-refractivity contribution < 1.29 is 19.1 Å². The molecule has 1 N–H and O–H groups in total. The lowest BCUT2D eigenvalue weighted by Crippen LogP contribution is -2.38. The lowest BCUT2D eigenvalue weighted by Gasteiger charge is -2.23. The van der Waals surface area contributed by atoms with Gasteiger partial charge in [0, 0.05) is 0 Å². The summed E-state index contributed by atoms with van der Waals surface area (Å²) in [6.45, 7) is 4.10. The van der Waals surface area contributed by atoms with E-state index >= 15 is 0 Å². The van der Waals surface area contributed by atoms with E-state index in [0.29, 0.717) is 6.61 Å². The molecule has 13 heavy (non-hydrogen) atoms. The maximum Gasteiger partial charge on any atom is 0.335 e. The van der Waals surface area contributed by atoms with E-state index in [9.17, 15) is 4.79 Å². The number of likely N-dealkylation sites (N-methyl/N-ethyl adjacent to an activating group) is 1. The van der Waals surface area contributed by atoms with Gasteiger partial charge in [-0.2, -0.15) is 0 Å². The lowest BCUT2D eigenvalue weighted by molar-refractivity contribution is -0.870. The SMILES string of the molecule is C=C(CO)C(=O)OCC[N+](C)(C)C. The van der Waals surface area contributed by atoms with E-state index in [1.807, 2.05) is 21.1 Å². The predicted octanol–water partition coefficient (Wildman–Crippen LogP) is -0.216. The molecule has 0 spiro atoms. The average molecular weight is 188 g/mol. The highest BCUT2D eigenvalue weighted by Gasteiger charge is 2.10. The quantitative estimate of drug-likeness (QED) is 0.369. The normalized spacial score (nSPS) is 11.1. The second kappa shape index (κ2) is 4.99. The van der Waals surface area contributed by atoms with Crippen molar-refractivity contribution in [2.75, 3.05) is 40.9 Å². The van der Waals surface area contributed by atoms with Crippen LogP contribution in [0.25, 0.3) is 0 Å². The molecule has 0 amide bonds. The Morgan fingerprint density at radius 2 is 2.00 bits per heavy atom. The number of aliphatic hydroxyl groups excluding tert-OH is 1. The molecule has 76 valence electrons. The number of nitrogens with zero attached hydrogens (tertiary/aromatic N) is 1. The first kappa shape index (κ1) is 12.1. The number of rotatable bonds is 5. The summed E-state index contributed by atoms with van der Waals surface area (Å²) in [6.07, 6.45) is 0. The molecule has 0 atom stereocenters. The highest BCUT2D eigenvalue weighted by molar-refractivity contribution is 5.87. The third kappa shape index (κ3) is 6.31. The van der Waals surface area contributed by atoms with Crippen LogP contribution in [0.5, 0.6) is 0 Å². The number of hydrogen-bond donors (Lipinski definition) is 1.